The van der Waals surface area contributed by atoms with Gasteiger partial charge < -0.3 is 10.6 Å². The van der Waals surface area contributed by atoms with Crippen LogP contribution in [0.2, 0.25) is 0 Å². The first kappa shape index (κ1) is 16.7. The molecule has 1 aromatic carbocycles. The van der Waals surface area contributed by atoms with E-state index in [0.717, 1.165) is 28.3 Å². The quantitative estimate of drug-likeness (QED) is 0.912. The molecule has 0 bridgehead atoms. The molecule has 2 heterocycles. The van der Waals surface area contributed by atoms with Gasteiger partial charge >= 0.3 is 0 Å². The second-order valence-corrected chi connectivity index (χ2v) is 8.58. The van der Waals surface area contributed by atoms with Crippen molar-refractivity contribution in [3.63, 3.8) is 0 Å². The summed E-state index contributed by atoms with van der Waals surface area (Å²) in [5.74, 6) is 0.699. The fourth-order valence-electron chi connectivity index (χ4n) is 4.59. The number of aryl methyl sites for hydroxylation is 2. The van der Waals surface area contributed by atoms with Crippen molar-refractivity contribution in [2.24, 2.45) is 11.7 Å². The van der Waals surface area contributed by atoms with Crippen molar-refractivity contribution in [1.82, 2.24) is 9.88 Å². The Bertz CT molecular complexity index is 800. The summed E-state index contributed by atoms with van der Waals surface area (Å²) in [5.41, 5.74) is 8.89. The fourth-order valence-corrected chi connectivity index (χ4v) is 5.50. The first-order valence-corrected chi connectivity index (χ1v) is 9.97. The van der Waals surface area contributed by atoms with E-state index in [1.165, 1.54) is 18.4 Å². The van der Waals surface area contributed by atoms with Gasteiger partial charge in [-0.05, 0) is 44.6 Å². The van der Waals surface area contributed by atoms with Gasteiger partial charge in [0.15, 0.2) is 0 Å². The Kier molecular flexibility index (Phi) is 4.38. The summed E-state index contributed by atoms with van der Waals surface area (Å²) in [6.07, 6.45) is 4.61. The summed E-state index contributed by atoms with van der Waals surface area (Å²) in [6.45, 7) is 4.60. The summed E-state index contributed by atoms with van der Waals surface area (Å²) in [5, 5.41) is 0.936. The molecule has 0 unspecified atom stereocenters. The third kappa shape index (κ3) is 2.89. The molecule has 3 atom stereocenters. The van der Waals surface area contributed by atoms with Crippen molar-refractivity contribution < 1.29 is 4.79 Å². The molecule has 1 aromatic heterocycles. The van der Waals surface area contributed by atoms with Crippen molar-refractivity contribution >= 4 is 17.2 Å². The molecule has 1 saturated carbocycles. The predicted molar refractivity (Wildman–Crippen MR) is 102 cm³/mol. The van der Waals surface area contributed by atoms with Crippen molar-refractivity contribution in [2.75, 3.05) is 6.54 Å². The van der Waals surface area contributed by atoms with E-state index in [9.17, 15) is 4.79 Å². The van der Waals surface area contributed by atoms with Gasteiger partial charge in [0.05, 0.1) is 9.88 Å². The summed E-state index contributed by atoms with van der Waals surface area (Å²) < 4.78 is 0. The lowest BCUT2D eigenvalue weighted by Gasteiger charge is -2.29. The number of likely N-dealkylation sites (tertiary alicyclic amines) is 1. The number of hydrogen-bond donors (Lipinski definition) is 1. The van der Waals surface area contributed by atoms with Crippen molar-refractivity contribution in [1.29, 1.82) is 0 Å². The van der Waals surface area contributed by atoms with E-state index in [-0.39, 0.29) is 11.9 Å². The summed E-state index contributed by atoms with van der Waals surface area (Å²) >= 11 is 1.61. The number of carbonyl (C=O) groups excluding carboxylic acids is 1. The number of nitrogens with two attached hydrogens (primary N) is 1. The average molecular weight is 356 g/mol. The highest BCUT2D eigenvalue weighted by Crippen LogP contribution is 2.42. The predicted octanol–water partition coefficient (Wildman–Crippen LogP) is 3.77. The Balaban J connectivity index is 1.73. The normalized spacial score (nSPS) is 25.4. The molecule has 2 aromatic rings. The summed E-state index contributed by atoms with van der Waals surface area (Å²) in [4.78, 5) is 21.2. The van der Waals surface area contributed by atoms with E-state index in [0.29, 0.717) is 24.2 Å². The van der Waals surface area contributed by atoms with Crippen LogP contribution in [0.1, 0.15) is 46.7 Å². The lowest BCUT2D eigenvalue weighted by atomic mass is 10.0. The first-order chi connectivity index (χ1) is 12.1. The van der Waals surface area contributed by atoms with Gasteiger partial charge in [0.1, 0.15) is 5.69 Å². The molecular formula is C20H25N3OS. The molecule has 0 spiro atoms. The van der Waals surface area contributed by atoms with Crippen LogP contribution in [0.15, 0.2) is 24.3 Å². The molecule has 132 valence electrons. The number of rotatable bonds is 3. The fraction of sp³-hybridized carbons (Fsp3) is 0.500. The number of hydrogen-bond acceptors (Lipinski definition) is 4. The van der Waals surface area contributed by atoms with Gasteiger partial charge in [0.2, 0.25) is 0 Å². The highest BCUT2D eigenvalue weighted by atomic mass is 32.1. The zero-order valence-corrected chi connectivity index (χ0v) is 15.7. The second kappa shape index (κ2) is 6.54. The first-order valence-electron chi connectivity index (χ1n) is 9.15. The molecule has 25 heavy (non-hydrogen) atoms. The van der Waals surface area contributed by atoms with Gasteiger partial charge in [-0.25, -0.2) is 4.98 Å². The van der Waals surface area contributed by atoms with Gasteiger partial charge in [0, 0.05) is 18.6 Å². The standard InChI is InChI=1S/C20H25N3OS/c1-12-5-3-7-15(9-12)19-18(22-13(2)25-19)20(24)23-16(11-21)10-14-6-4-8-17(14)23/h3,5,7,9,14,16-17H,4,6,8,10-11,21H2,1-2H3/t14-,16-,17-/m0/s1. The van der Waals surface area contributed by atoms with E-state index in [1.54, 1.807) is 11.3 Å². The van der Waals surface area contributed by atoms with Crippen LogP contribution in [0, 0.1) is 19.8 Å². The summed E-state index contributed by atoms with van der Waals surface area (Å²) in [6, 6.07) is 8.84. The zero-order chi connectivity index (χ0) is 17.6. The number of fused-ring (bicyclic) bond motifs is 1. The Labute approximate surface area is 153 Å². The maximum Gasteiger partial charge on any atom is 0.274 e. The maximum atomic E-state index is 13.5. The molecule has 1 aliphatic heterocycles. The van der Waals surface area contributed by atoms with E-state index in [1.807, 2.05) is 13.0 Å². The van der Waals surface area contributed by atoms with Crippen LogP contribution in [0.3, 0.4) is 0 Å². The summed E-state index contributed by atoms with van der Waals surface area (Å²) in [7, 11) is 0. The van der Waals surface area contributed by atoms with Crippen molar-refractivity contribution in [3.8, 4) is 10.4 Å². The SMILES string of the molecule is Cc1cccc(-c2sc(C)nc2C(=O)N2[C@H](CN)C[C@@H]3CCC[C@@H]32)c1. The molecule has 2 N–H and O–H groups in total. The van der Waals surface area contributed by atoms with Crippen LogP contribution in [-0.2, 0) is 0 Å². The van der Waals surface area contributed by atoms with E-state index >= 15 is 0 Å². The third-order valence-electron chi connectivity index (χ3n) is 5.67. The Morgan fingerprint density at radius 3 is 2.96 bits per heavy atom. The maximum absolute atomic E-state index is 13.5. The van der Waals surface area contributed by atoms with Crippen molar-refractivity contribution in [2.45, 2.75) is 51.6 Å². The van der Waals surface area contributed by atoms with E-state index in [4.69, 9.17) is 5.73 Å². The highest BCUT2D eigenvalue weighted by molar-refractivity contribution is 7.15. The smallest absolute Gasteiger partial charge is 0.274 e. The molecule has 4 nitrogen and oxygen atoms in total. The molecule has 4 rings (SSSR count). The van der Waals surface area contributed by atoms with Crippen LogP contribution in [-0.4, -0.2) is 34.4 Å². The third-order valence-corrected chi connectivity index (χ3v) is 6.69. The Morgan fingerprint density at radius 1 is 1.36 bits per heavy atom. The minimum Gasteiger partial charge on any atom is -0.330 e. The zero-order valence-electron chi connectivity index (χ0n) is 14.9. The molecule has 1 amide bonds. The van der Waals surface area contributed by atoms with Crippen LogP contribution >= 0.6 is 11.3 Å². The number of nitrogens with zero attached hydrogens (tertiary/aromatic N) is 2. The minimum atomic E-state index is 0.0747. The van der Waals surface area contributed by atoms with E-state index < -0.39 is 0 Å². The number of benzene rings is 1. The molecule has 5 heteroatoms. The van der Waals surface area contributed by atoms with Gasteiger partial charge in [0.25, 0.3) is 5.91 Å². The van der Waals surface area contributed by atoms with E-state index in [2.05, 4.69) is 35.0 Å². The topological polar surface area (TPSA) is 59.2 Å². The molecule has 2 aliphatic rings. The van der Waals surface area contributed by atoms with Crippen LogP contribution in [0.5, 0.6) is 0 Å². The Hall–Kier alpha value is -1.72. The number of thiazole rings is 1. The number of amides is 1. The molecule has 1 aliphatic carbocycles. The average Bonchev–Trinajstić information content (AvgIpc) is 3.27. The minimum absolute atomic E-state index is 0.0747. The highest BCUT2D eigenvalue weighted by Gasteiger charge is 2.46. The molecule has 0 radical (unpaired) electrons. The van der Waals surface area contributed by atoms with Crippen LogP contribution in [0.4, 0.5) is 0 Å². The van der Waals surface area contributed by atoms with Gasteiger partial charge in [-0.3, -0.25) is 4.79 Å². The van der Waals surface area contributed by atoms with Crippen molar-refractivity contribution in [3.05, 3.63) is 40.5 Å². The Morgan fingerprint density at radius 2 is 2.20 bits per heavy atom. The van der Waals surface area contributed by atoms with Crippen LogP contribution < -0.4 is 5.73 Å². The lowest BCUT2D eigenvalue weighted by Crippen LogP contribution is -2.44. The lowest BCUT2D eigenvalue weighted by molar-refractivity contribution is 0.0660. The largest absolute Gasteiger partial charge is 0.330 e. The second-order valence-electron chi connectivity index (χ2n) is 7.38. The molecule has 2 fully saturated rings. The number of carbonyl (C=O) groups is 1. The number of aromatic nitrogens is 1. The van der Waals surface area contributed by atoms with Gasteiger partial charge in [-0.2, -0.15) is 0 Å². The molecular weight excluding hydrogens is 330 g/mol. The van der Waals surface area contributed by atoms with Crippen LogP contribution in [0.25, 0.3) is 10.4 Å². The monoisotopic (exact) mass is 355 g/mol. The van der Waals surface area contributed by atoms with Gasteiger partial charge in [-0.1, -0.05) is 36.2 Å². The van der Waals surface area contributed by atoms with Gasteiger partial charge in [-0.15, -0.1) is 11.3 Å². The molecule has 1 saturated heterocycles.